The van der Waals surface area contributed by atoms with E-state index in [1.54, 1.807) is 26.0 Å². The van der Waals surface area contributed by atoms with E-state index in [1.165, 1.54) is 24.4 Å². The second-order valence-electron chi connectivity index (χ2n) is 6.36. The molecule has 28 heavy (non-hydrogen) atoms. The van der Waals surface area contributed by atoms with E-state index in [0.717, 1.165) is 10.1 Å². The number of carbonyl (C=O) groups is 1. The molecule has 0 atom stereocenters. The number of halogens is 2. The van der Waals surface area contributed by atoms with E-state index in [2.05, 4.69) is 9.97 Å². The van der Waals surface area contributed by atoms with Crippen LogP contribution >= 0.6 is 11.6 Å². The molecule has 2 aromatic heterocycles. The lowest BCUT2D eigenvalue weighted by Gasteiger charge is -2.15. The van der Waals surface area contributed by atoms with Crippen LogP contribution in [0.3, 0.4) is 0 Å². The quantitative estimate of drug-likeness (QED) is 0.526. The summed E-state index contributed by atoms with van der Waals surface area (Å²) in [6, 6.07) is 7.52. The number of aryl methyl sites for hydroxylation is 1. The van der Waals surface area contributed by atoms with Crippen LogP contribution in [0.25, 0.3) is 0 Å². The van der Waals surface area contributed by atoms with Crippen molar-refractivity contribution in [1.82, 2.24) is 14.5 Å². The Morgan fingerprint density at radius 2 is 2.00 bits per heavy atom. The van der Waals surface area contributed by atoms with Gasteiger partial charge in [0.15, 0.2) is 0 Å². The van der Waals surface area contributed by atoms with Crippen molar-refractivity contribution < 1.29 is 9.18 Å². The molecule has 1 aromatic carbocycles. The number of hydrogen-bond donors (Lipinski definition) is 1. The van der Waals surface area contributed by atoms with Gasteiger partial charge in [0.1, 0.15) is 5.69 Å². The highest BCUT2D eigenvalue weighted by Crippen LogP contribution is 2.19. The smallest absolute Gasteiger partial charge is 0.287 e. The standard InChI is InChI=1S/C20H17ClFN3O3/c1-3-15-17(18(26)13-6-11(2)7-14(21)9-13)25(20(28)24-19(15)27)10-12-4-5-23-16(22)8-12/h4-9H,3,10H2,1-2H3,(H,24,27,28). The topological polar surface area (TPSA) is 84.8 Å². The first-order valence-electron chi connectivity index (χ1n) is 8.58. The zero-order chi connectivity index (χ0) is 20.4. The van der Waals surface area contributed by atoms with Gasteiger partial charge in [-0.1, -0.05) is 18.5 Å². The van der Waals surface area contributed by atoms with Crippen molar-refractivity contribution in [3.05, 3.63) is 96.3 Å². The summed E-state index contributed by atoms with van der Waals surface area (Å²) in [6.45, 7) is 3.40. The number of carbonyl (C=O) groups excluding carboxylic acids is 1. The van der Waals surface area contributed by atoms with Gasteiger partial charge in [-0.15, -0.1) is 0 Å². The van der Waals surface area contributed by atoms with Crippen molar-refractivity contribution in [2.24, 2.45) is 0 Å². The summed E-state index contributed by atoms with van der Waals surface area (Å²) in [4.78, 5) is 43.8. The molecule has 3 aromatic rings. The summed E-state index contributed by atoms with van der Waals surface area (Å²) in [7, 11) is 0. The molecule has 3 rings (SSSR count). The first kappa shape index (κ1) is 19.7. The van der Waals surface area contributed by atoms with Crippen molar-refractivity contribution >= 4 is 17.4 Å². The first-order valence-corrected chi connectivity index (χ1v) is 8.96. The van der Waals surface area contributed by atoms with Gasteiger partial charge in [0.2, 0.25) is 11.7 Å². The predicted octanol–water partition coefficient (Wildman–Crippen LogP) is 2.87. The fraction of sp³-hybridized carbons (Fsp3) is 0.200. The molecule has 0 amide bonds. The van der Waals surface area contributed by atoms with Crippen LogP contribution in [0.15, 0.2) is 46.1 Å². The van der Waals surface area contributed by atoms with Crippen molar-refractivity contribution in [2.75, 3.05) is 0 Å². The van der Waals surface area contributed by atoms with Gasteiger partial charge >= 0.3 is 5.69 Å². The zero-order valence-corrected chi connectivity index (χ0v) is 16.0. The summed E-state index contributed by atoms with van der Waals surface area (Å²) in [5.74, 6) is -1.20. The number of aromatic nitrogens is 3. The lowest BCUT2D eigenvalue weighted by molar-refractivity contribution is 0.102. The summed E-state index contributed by atoms with van der Waals surface area (Å²) in [6.07, 6.45) is 1.50. The first-order chi connectivity index (χ1) is 13.3. The molecule has 2 heterocycles. The van der Waals surface area contributed by atoms with Crippen molar-refractivity contribution in [3.8, 4) is 0 Å². The highest BCUT2D eigenvalue weighted by Gasteiger charge is 2.22. The monoisotopic (exact) mass is 401 g/mol. The summed E-state index contributed by atoms with van der Waals surface area (Å²) in [5.41, 5.74) is 0.239. The predicted molar refractivity (Wildman–Crippen MR) is 104 cm³/mol. The van der Waals surface area contributed by atoms with Crippen LogP contribution in [0.4, 0.5) is 4.39 Å². The average molecular weight is 402 g/mol. The van der Waals surface area contributed by atoms with Crippen LogP contribution in [0.5, 0.6) is 0 Å². The van der Waals surface area contributed by atoms with Crippen LogP contribution < -0.4 is 11.2 Å². The molecule has 0 aliphatic carbocycles. The summed E-state index contributed by atoms with van der Waals surface area (Å²) < 4.78 is 14.6. The number of hydrogen-bond acceptors (Lipinski definition) is 4. The third-order valence-corrected chi connectivity index (χ3v) is 4.52. The highest BCUT2D eigenvalue weighted by molar-refractivity contribution is 6.31. The molecule has 0 radical (unpaired) electrons. The Kier molecular flexibility index (Phi) is 5.56. The van der Waals surface area contributed by atoms with E-state index >= 15 is 0 Å². The fourth-order valence-corrected chi connectivity index (χ4v) is 3.37. The molecule has 8 heteroatoms. The van der Waals surface area contributed by atoms with Gasteiger partial charge in [-0.05, 0) is 54.8 Å². The SMILES string of the molecule is CCc1c(C(=O)c2cc(C)cc(Cl)c2)n(Cc2ccnc(F)c2)c(=O)[nH]c1=O. The Bertz CT molecular complexity index is 1160. The minimum absolute atomic E-state index is 0.0323. The van der Waals surface area contributed by atoms with Crippen LogP contribution in [0.2, 0.25) is 5.02 Å². The molecule has 0 saturated heterocycles. The fourth-order valence-electron chi connectivity index (χ4n) is 3.08. The number of pyridine rings is 1. The number of ketones is 1. The maximum absolute atomic E-state index is 13.5. The number of benzene rings is 1. The number of rotatable bonds is 5. The minimum atomic E-state index is -0.749. The molecule has 6 nitrogen and oxygen atoms in total. The van der Waals surface area contributed by atoms with Gasteiger partial charge in [0, 0.05) is 22.3 Å². The lowest BCUT2D eigenvalue weighted by Crippen LogP contribution is -2.37. The molecule has 0 fully saturated rings. The normalized spacial score (nSPS) is 10.9. The van der Waals surface area contributed by atoms with Gasteiger partial charge in [-0.25, -0.2) is 9.78 Å². The van der Waals surface area contributed by atoms with Crippen molar-refractivity contribution in [3.63, 3.8) is 0 Å². The summed E-state index contributed by atoms with van der Waals surface area (Å²) >= 11 is 6.07. The molecule has 0 spiro atoms. The Labute approximate surface area is 164 Å². The van der Waals surface area contributed by atoms with Crippen LogP contribution in [0.1, 0.15) is 39.7 Å². The van der Waals surface area contributed by atoms with Crippen LogP contribution in [-0.2, 0) is 13.0 Å². The molecule has 144 valence electrons. The van der Waals surface area contributed by atoms with E-state index < -0.39 is 23.0 Å². The van der Waals surface area contributed by atoms with Crippen LogP contribution in [0, 0.1) is 12.9 Å². The molecule has 0 aliphatic heterocycles. The molecular formula is C20H17ClFN3O3. The Morgan fingerprint density at radius 3 is 2.64 bits per heavy atom. The number of nitrogens with zero attached hydrogens (tertiary/aromatic N) is 2. The largest absolute Gasteiger partial charge is 0.329 e. The second kappa shape index (κ2) is 7.90. The molecule has 0 saturated carbocycles. The van der Waals surface area contributed by atoms with E-state index in [1.807, 2.05) is 0 Å². The molecule has 0 aliphatic rings. The third-order valence-electron chi connectivity index (χ3n) is 4.30. The number of aromatic amines is 1. The maximum atomic E-state index is 13.5. The van der Waals surface area contributed by atoms with Gasteiger partial charge < -0.3 is 0 Å². The minimum Gasteiger partial charge on any atom is -0.287 e. The Morgan fingerprint density at radius 1 is 1.25 bits per heavy atom. The highest BCUT2D eigenvalue weighted by atomic mass is 35.5. The summed E-state index contributed by atoms with van der Waals surface area (Å²) in [5, 5.41) is 0.372. The zero-order valence-electron chi connectivity index (χ0n) is 15.3. The second-order valence-corrected chi connectivity index (χ2v) is 6.80. The van der Waals surface area contributed by atoms with Gasteiger partial charge in [-0.2, -0.15) is 4.39 Å². The van der Waals surface area contributed by atoms with Gasteiger partial charge in [-0.3, -0.25) is 19.1 Å². The molecule has 1 N–H and O–H groups in total. The third kappa shape index (κ3) is 3.94. The Balaban J connectivity index is 2.24. The maximum Gasteiger partial charge on any atom is 0.329 e. The van der Waals surface area contributed by atoms with Gasteiger partial charge in [0.05, 0.1) is 6.54 Å². The van der Waals surface area contributed by atoms with Gasteiger partial charge in [0.25, 0.3) is 5.56 Å². The molecular weight excluding hydrogens is 385 g/mol. The van der Waals surface area contributed by atoms with E-state index in [9.17, 15) is 18.8 Å². The number of nitrogens with one attached hydrogen (secondary N) is 1. The van der Waals surface area contributed by atoms with Crippen molar-refractivity contribution in [1.29, 1.82) is 0 Å². The van der Waals surface area contributed by atoms with E-state index in [4.69, 9.17) is 11.6 Å². The lowest BCUT2D eigenvalue weighted by atomic mass is 10.0. The Hall–Kier alpha value is -3.06. The molecule has 0 unspecified atom stereocenters. The van der Waals surface area contributed by atoms with E-state index in [-0.39, 0.29) is 29.8 Å². The van der Waals surface area contributed by atoms with Crippen LogP contribution in [-0.4, -0.2) is 20.3 Å². The average Bonchev–Trinajstić information content (AvgIpc) is 2.62. The molecule has 0 bridgehead atoms. The van der Waals surface area contributed by atoms with Crippen molar-refractivity contribution in [2.45, 2.75) is 26.8 Å². The van der Waals surface area contributed by atoms with E-state index in [0.29, 0.717) is 10.6 Å². The number of H-pyrrole nitrogens is 1.